The second-order valence-corrected chi connectivity index (χ2v) is 5.36. The maximum Gasteiger partial charge on any atom is 0.347 e. The quantitative estimate of drug-likeness (QED) is 0.791. The number of benzene rings is 1. The second kappa shape index (κ2) is 4.38. The third kappa shape index (κ3) is 1.50. The minimum absolute atomic E-state index is 0.329. The van der Waals surface area contributed by atoms with Crippen LogP contribution in [0, 0.1) is 12.3 Å². The molecule has 2 aliphatic rings. The number of hydrogen-bond donors (Lipinski definition) is 1. The van der Waals surface area contributed by atoms with E-state index < -0.39 is 5.54 Å². The van der Waals surface area contributed by atoms with Gasteiger partial charge < -0.3 is 5.73 Å². The zero-order chi connectivity index (χ0) is 14.3. The fourth-order valence-corrected chi connectivity index (χ4v) is 3.43. The van der Waals surface area contributed by atoms with E-state index in [2.05, 4.69) is 17.0 Å². The molecule has 0 saturated carbocycles. The van der Waals surface area contributed by atoms with Gasteiger partial charge in [0.1, 0.15) is 11.4 Å². The van der Waals surface area contributed by atoms with Crippen molar-refractivity contribution >= 4 is 11.9 Å². The molecule has 102 valence electrons. The second-order valence-electron chi connectivity index (χ2n) is 5.36. The number of amides is 2. The summed E-state index contributed by atoms with van der Waals surface area (Å²) in [5, 5.41) is 0. The molecule has 0 fully saturated rings. The summed E-state index contributed by atoms with van der Waals surface area (Å²) in [6.07, 6.45) is 8.27. The minimum atomic E-state index is -0.655. The number of nitrogens with zero attached hydrogens (tertiary/aromatic N) is 2. The van der Waals surface area contributed by atoms with E-state index in [4.69, 9.17) is 12.2 Å². The highest BCUT2D eigenvalue weighted by molar-refractivity contribution is 6.06. The van der Waals surface area contributed by atoms with Crippen molar-refractivity contribution in [2.24, 2.45) is 10.7 Å². The third-order valence-electron chi connectivity index (χ3n) is 4.33. The molecule has 1 aliphatic carbocycles. The van der Waals surface area contributed by atoms with Gasteiger partial charge in [-0.2, -0.15) is 4.99 Å². The molecule has 1 heterocycles. The first-order valence-corrected chi connectivity index (χ1v) is 6.83. The normalized spacial score (nSPS) is 26.1. The lowest BCUT2D eigenvalue weighted by Gasteiger charge is -2.43. The Morgan fingerprint density at radius 2 is 2.25 bits per heavy atom. The lowest BCUT2D eigenvalue weighted by Crippen LogP contribution is -2.56. The molecular formula is C16H17N3O. The first kappa shape index (κ1) is 12.7. The maximum absolute atomic E-state index is 12.2. The fourth-order valence-electron chi connectivity index (χ4n) is 3.43. The van der Waals surface area contributed by atoms with Crippen molar-refractivity contribution in [1.82, 2.24) is 4.90 Å². The van der Waals surface area contributed by atoms with Crippen LogP contribution in [0.25, 0.3) is 0 Å². The van der Waals surface area contributed by atoms with Crippen LogP contribution < -0.4 is 5.73 Å². The highest BCUT2D eigenvalue weighted by Crippen LogP contribution is 2.44. The summed E-state index contributed by atoms with van der Waals surface area (Å²) < 4.78 is 0. The van der Waals surface area contributed by atoms with E-state index in [9.17, 15) is 4.79 Å². The van der Waals surface area contributed by atoms with Gasteiger partial charge in [-0.15, -0.1) is 6.42 Å². The number of aliphatic imine (C=N–C) groups is 1. The Morgan fingerprint density at radius 3 is 3.00 bits per heavy atom. The third-order valence-corrected chi connectivity index (χ3v) is 4.33. The summed E-state index contributed by atoms with van der Waals surface area (Å²) in [6, 6.07) is 7.44. The Morgan fingerprint density at radius 1 is 1.50 bits per heavy atom. The van der Waals surface area contributed by atoms with E-state index in [1.165, 1.54) is 5.56 Å². The van der Waals surface area contributed by atoms with Crippen molar-refractivity contribution in [3.05, 3.63) is 35.4 Å². The standard InChI is InChI=1S/C16H17N3O/c1-3-11(2)19-15(20)18-14(17)16(19)10-6-8-12-7-4-5-9-13(12)16/h1,4-5,7,9,11H,6,8,10H2,2H3,(H2,17,18,20). The predicted molar refractivity (Wildman–Crippen MR) is 78.2 cm³/mol. The van der Waals surface area contributed by atoms with Gasteiger partial charge in [0.15, 0.2) is 0 Å². The lowest BCUT2D eigenvalue weighted by atomic mass is 9.74. The monoisotopic (exact) mass is 267 g/mol. The molecule has 4 nitrogen and oxygen atoms in total. The molecule has 20 heavy (non-hydrogen) atoms. The summed E-state index contributed by atoms with van der Waals surface area (Å²) in [4.78, 5) is 17.9. The zero-order valence-electron chi connectivity index (χ0n) is 11.5. The molecule has 0 aromatic heterocycles. The Hall–Kier alpha value is -2.28. The average Bonchev–Trinajstić information content (AvgIpc) is 2.70. The van der Waals surface area contributed by atoms with Crippen molar-refractivity contribution in [3.63, 3.8) is 0 Å². The molecule has 4 heteroatoms. The lowest BCUT2D eigenvalue weighted by molar-refractivity contribution is 0.146. The number of urea groups is 1. The number of fused-ring (bicyclic) bond motifs is 2. The average molecular weight is 267 g/mol. The number of carbonyl (C=O) groups is 1. The molecule has 1 aliphatic heterocycles. The van der Waals surface area contributed by atoms with E-state index in [1.54, 1.807) is 4.90 Å². The van der Waals surface area contributed by atoms with Gasteiger partial charge in [0, 0.05) is 0 Å². The van der Waals surface area contributed by atoms with Gasteiger partial charge >= 0.3 is 6.03 Å². The van der Waals surface area contributed by atoms with Crippen LogP contribution in [-0.2, 0) is 12.0 Å². The molecular weight excluding hydrogens is 250 g/mol. The van der Waals surface area contributed by atoms with Gasteiger partial charge in [-0.3, -0.25) is 4.90 Å². The molecule has 0 radical (unpaired) electrons. The van der Waals surface area contributed by atoms with E-state index in [0.29, 0.717) is 5.84 Å². The summed E-state index contributed by atoms with van der Waals surface area (Å²) in [7, 11) is 0. The Bertz CT molecular complexity index is 643. The molecule has 2 N–H and O–H groups in total. The highest BCUT2D eigenvalue weighted by atomic mass is 16.2. The van der Waals surface area contributed by atoms with Crippen LogP contribution in [0.1, 0.15) is 30.9 Å². The van der Waals surface area contributed by atoms with Crippen LogP contribution in [0.3, 0.4) is 0 Å². The Balaban J connectivity index is 2.23. The zero-order valence-corrected chi connectivity index (χ0v) is 11.5. The van der Waals surface area contributed by atoms with Crippen LogP contribution in [0.15, 0.2) is 29.3 Å². The smallest absolute Gasteiger partial charge is 0.347 e. The topological polar surface area (TPSA) is 58.7 Å². The fraction of sp³-hybridized carbons (Fsp3) is 0.375. The van der Waals surface area contributed by atoms with Crippen molar-refractivity contribution in [3.8, 4) is 12.3 Å². The van der Waals surface area contributed by atoms with Crippen LogP contribution in [0.4, 0.5) is 4.79 Å². The number of aryl methyl sites for hydroxylation is 1. The number of nitrogens with two attached hydrogens (primary N) is 1. The van der Waals surface area contributed by atoms with Gasteiger partial charge in [0.2, 0.25) is 0 Å². The van der Waals surface area contributed by atoms with E-state index in [1.807, 2.05) is 25.1 Å². The summed E-state index contributed by atoms with van der Waals surface area (Å²) in [5.41, 5.74) is 7.79. The molecule has 2 atom stereocenters. The SMILES string of the molecule is C#CC(C)N1C(=O)N=C(N)C12CCCc1ccccc12. The van der Waals surface area contributed by atoms with Crippen molar-refractivity contribution in [2.75, 3.05) is 0 Å². The molecule has 0 saturated heterocycles. The Kier molecular flexibility index (Phi) is 2.79. The van der Waals surface area contributed by atoms with Crippen LogP contribution >= 0.6 is 0 Å². The molecule has 2 amide bonds. The van der Waals surface area contributed by atoms with Gasteiger partial charge in [-0.25, -0.2) is 4.79 Å². The number of hydrogen-bond acceptors (Lipinski definition) is 2. The van der Waals surface area contributed by atoms with Crippen LogP contribution in [0.5, 0.6) is 0 Å². The number of amidine groups is 1. The van der Waals surface area contributed by atoms with E-state index >= 15 is 0 Å². The van der Waals surface area contributed by atoms with Crippen LogP contribution in [-0.4, -0.2) is 22.8 Å². The number of terminal acetylenes is 1. The summed E-state index contributed by atoms with van der Waals surface area (Å²) >= 11 is 0. The molecule has 2 unspecified atom stereocenters. The van der Waals surface area contributed by atoms with Crippen molar-refractivity contribution in [1.29, 1.82) is 0 Å². The van der Waals surface area contributed by atoms with E-state index in [0.717, 1.165) is 24.8 Å². The first-order valence-electron chi connectivity index (χ1n) is 6.83. The molecule has 3 rings (SSSR count). The van der Waals surface area contributed by atoms with E-state index in [-0.39, 0.29) is 12.1 Å². The molecule has 0 bridgehead atoms. The largest absolute Gasteiger partial charge is 0.385 e. The molecule has 1 spiro atoms. The van der Waals surface area contributed by atoms with Crippen molar-refractivity contribution in [2.45, 2.75) is 37.8 Å². The van der Waals surface area contributed by atoms with Gasteiger partial charge in [-0.1, -0.05) is 30.2 Å². The molecule has 1 aromatic rings. The maximum atomic E-state index is 12.2. The van der Waals surface area contributed by atoms with Crippen LogP contribution in [0.2, 0.25) is 0 Å². The van der Waals surface area contributed by atoms with Gasteiger partial charge in [0.25, 0.3) is 0 Å². The number of rotatable bonds is 1. The predicted octanol–water partition coefficient (Wildman–Crippen LogP) is 2.03. The van der Waals surface area contributed by atoms with Gasteiger partial charge in [-0.05, 0) is 37.3 Å². The first-order chi connectivity index (χ1) is 9.61. The number of carbonyl (C=O) groups excluding carboxylic acids is 1. The van der Waals surface area contributed by atoms with Gasteiger partial charge in [0.05, 0.1) is 6.04 Å². The highest BCUT2D eigenvalue weighted by Gasteiger charge is 2.53. The summed E-state index contributed by atoms with van der Waals surface area (Å²) in [5.74, 6) is 3.01. The Labute approximate surface area is 118 Å². The minimum Gasteiger partial charge on any atom is -0.385 e. The molecule has 1 aromatic carbocycles. The van der Waals surface area contributed by atoms with Crippen molar-refractivity contribution < 1.29 is 4.79 Å². The summed E-state index contributed by atoms with van der Waals surface area (Å²) in [6.45, 7) is 1.84.